The smallest absolute Gasteiger partial charge is 0.0664 e. The summed E-state index contributed by atoms with van der Waals surface area (Å²) in [6.07, 6.45) is 14.2. The quantitative estimate of drug-likeness (QED) is 0.293. The number of rotatable bonds is 10. The Morgan fingerprint density at radius 3 is 2.68 bits per heavy atom. The van der Waals surface area contributed by atoms with Crippen LogP contribution in [-0.2, 0) is 0 Å². The molecular formula is C22H37N3. The molecule has 1 aliphatic rings. The lowest BCUT2D eigenvalue weighted by molar-refractivity contribution is 0.216. The van der Waals surface area contributed by atoms with Crippen LogP contribution in [-0.4, -0.2) is 6.54 Å². The highest BCUT2D eigenvalue weighted by Gasteiger charge is 2.24. The van der Waals surface area contributed by atoms with E-state index in [1.54, 1.807) is 0 Å². The Labute approximate surface area is 154 Å². The topological polar surface area (TPSA) is 50.1 Å². The van der Waals surface area contributed by atoms with E-state index in [0.29, 0.717) is 5.41 Å². The highest BCUT2D eigenvalue weighted by atomic mass is 14.9. The van der Waals surface area contributed by atoms with Crippen LogP contribution in [0.2, 0.25) is 0 Å². The Kier molecular flexibility index (Phi) is 9.23. The summed E-state index contributed by atoms with van der Waals surface area (Å²) in [5.74, 6) is 0.157. The van der Waals surface area contributed by atoms with E-state index in [0.717, 1.165) is 36.5 Å². The van der Waals surface area contributed by atoms with Crippen LogP contribution in [0, 0.1) is 11.3 Å². The molecule has 1 unspecified atom stereocenters. The van der Waals surface area contributed by atoms with Crippen LogP contribution in [0.1, 0.15) is 65.7 Å². The number of allylic oxidation sites excluding steroid dienone is 3. The normalized spacial score (nSPS) is 19.0. The van der Waals surface area contributed by atoms with Crippen LogP contribution in [0.3, 0.4) is 0 Å². The third-order valence-electron chi connectivity index (χ3n) is 5.57. The molecule has 1 heterocycles. The van der Waals surface area contributed by atoms with Gasteiger partial charge in [-0.2, -0.15) is 0 Å². The molecule has 0 aromatic heterocycles. The lowest BCUT2D eigenvalue weighted by Crippen LogP contribution is -2.28. The van der Waals surface area contributed by atoms with Crippen LogP contribution >= 0.6 is 0 Å². The first-order chi connectivity index (χ1) is 12.0. The van der Waals surface area contributed by atoms with Crippen molar-refractivity contribution in [3.63, 3.8) is 0 Å². The third-order valence-corrected chi connectivity index (χ3v) is 5.57. The zero-order chi connectivity index (χ0) is 18.7. The molecule has 0 amide bonds. The van der Waals surface area contributed by atoms with Crippen molar-refractivity contribution in [3.8, 4) is 0 Å². The second-order valence-corrected chi connectivity index (χ2v) is 7.10. The fourth-order valence-corrected chi connectivity index (χ4v) is 3.68. The largest absolute Gasteiger partial charge is 0.401 e. The lowest BCUT2D eigenvalue weighted by atomic mass is 9.75. The minimum Gasteiger partial charge on any atom is -0.401 e. The van der Waals surface area contributed by atoms with Crippen molar-refractivity contribution in [2.75, 3.05) is 6.54 Å². The van der Waals surface area contributed by atoms with Gasteiger partial charge in [0, 0.05) is 23.9 Å². The summed E-state index contributed by atoms with van der Waals surface area (Å²) < 4.78 is 0. The molecule has 0 spiro atoms. The van der Waals surface area contributed by atoms with Crippen molar-refractivity contribution >= 4 is 0 Å². The zero-order valence-corrected chi connectivity index (χ0v) is 16.5. The van der Waals surface area contributed by atoms with E-state index in [2.05, 4.69) is 50.3 Å². The van der Waals surface area contributed by atoms with Gasteiger partial charge in [0.1, 0.15) is 0 Å². The van der Waals surface area contributed by atoms with Gasteiger partial charge in [-0.05, 0) is 49.5 Å². The van der Waals surface area contributed by atoms with Gasteiger partial charge in [0.25, 0.3) is 0 Å². The molecule has 0 radical (unpaired) electrons. The van der Waals surface area contributed by atoms with Crippen molar-refractivity contribution in [2.45, 2.75) is 65.7 Å². The van der Waals surface area contributed by atoms with E-state index < -0.39 is 0 Å². The van der Waals surface area contributed by atoms with E-state index in [9.17, 15) is 0 Å². The predicted molar refractivity (Wildman–Crippen MR) is 110 cm³/mol. The molecule has 25 heavy (non-hydrogen) atoms. The Morgan fingerprint density at radius 1 is 1.36 bits per heavy atom. The number of hydrogen-bond acceptors (Lipinski definition) is 3. The fourth-order valence-electron chi connectivity index (χ4n) is 3.68. The van der Waals surface area contributed by atoms with Crippen LogP contribution in [0.25, 0.3) is 0 Å². The summed E-state index contributed by atoms with van der Waals surface area (Å²) in [5.41, 5.74) is 12.5. The number of piperidine rings is 1. The number of nitrogens with one attached hydrogen (secondary N) is 2. The van der Waals surface area contributed by atoms with Crippen LogP contribution in [0.5, 0.6) is 0 Å². The molecule has 1 fully saturated rings. The van der Waals surface area contributed by atoms with Crippen molar-refractivity contribution in [3.05, 3.63) is 54.3 Å². The summed E-state index contributed by atoms with van der Waals surface area (Å²) in [7, 11) is 0. The maximum Gasteiger partial charge on any atom is 0.0664 e. The van der Waals surface area contributed by atoms with Crippen molar-refractivity contribution in [1.29, 1.82) is 0 Å². The molecule has 0 aliphatic carbocycles. The first-order valence-corrected chi connectivity index (χ1v) is 9.72. The standard InChI is InChI=1S/C22H37N3/c1-6-14-22(8-3,9-4)15-17-24-16-10-11-20(23)19-13-12-18(5)25-21(19)7-2/h10-11,16,19,24-25H,2,5-6,8-9,12-15,17,23H2,1,3-4H3/b16-10+,20-11-. The van der Waals surface area contributed by atoms with E-state index in [1.165, 1.54) is 32.1 Å². The van der Waals surface area contributed by atoms with E-state index in [-0.39, 0.29) is 5.92 Å². The van der Waals surface area contributed by atoms with E-state index in [4.69, 9.17) is 5.73 Å². The first kappa shape index (κ1) is 21.2. The lowest BCUT2D eigenvalue weighted by Gasteiger charge is -2.31. The maximum absolute atomic E-state index is 6.25. The van der Waals surface area contributed by atoms with Gasteiger partial charge in [-0.1, -0.05) is 53.2 Å². The summed E-state index contributed by atoms with van der Waals surface area (Å²) in [5, 5.41) is 6.65. The maximum atomic E-state index is 6.25. The summed E-state index contributed by atoms with van der Waals surface area (Å²) in [6.45, 7) is 15.6. The Bertz CT molecular complexity index is 531. The molecule has 1 atom stereocenters. The van der Waals surface area contributed by atoms with Crippen molar-refractivity contribution in [1.82, 2.24) is 10.6 Å². The Balaban J connectivity index is 2.49. The van der Waals surface area contributed by atoms with Gasteiger partial charge in [0.15, 0.2) is 0 Å². The predicted octanol–water partition coefficient (Wildman–Crippen LogP) is 5.11. The molecule has 0 aromatic rings. The molecule has 4 N–H and O–H groups in total. The zero-order valence-electron chi connectivity index (χ0n) is 16.5. The Morgan fingerprint density at radius 2 is 2.08 bits per heavy atom. The van der Waals surface area contributed by atoms with Gasteiger partial charge in [-0.25, -0.2) is 0 Å². The first-order valence-electron chi connectivity index (χ1n) is 9.72. The van der Waals surface area contributed by atoms with Gasteiger partial charge in [0.05, 0.1) is 5.70 Å². The van der Waals surface area contributed by atoms with Crippen LogP contribution in [0.15, 0.2) is 54.3 Å². The number of hydrogen-bond donors (Lipinski definition) is 3. The minimum atomic E-state index is 0.157. The molecule has 0 aromatic carbocycles. The summed E-state index contributed by atoms with van der Waals surface area (Å²) in [4.78, 5) is 0. The molecule has 3 heteroatoms. The van der Waals surface area contributed by atoms with Gasteiger partial charge >= 0.3 is 0 Å². The Hall–Kier alpha value is -1.86. The highest BCUT2D eigenvalue weighted by molar-refractivity contribution is 5.26. The van der Waals surface area contributed by atoms with E-state index >= 15 is 0 Å². The minimum absolute atomic E-state index is 0.157. The van der Waals surface area contributed by atoms with Crippen molar-refractivity contribution < 1.29 is 0 Å². The molecule has 0 bridgehead atoms. The average molecular weight is 344 g/mol. The van der Waals surface area contributed by atoms with Gasteiger partial charge in [-0.15, -0.1) is 5.73 Å². The fraction of sp³-hybridized carbons (Fsp3) is 0.591. The summed E-state index contributed by atoms with van der Waals surface area (Å²) >= 11 is 0. The monoisotopic (exact) mass is 343 g/mol. The highest BCUT2D eigenvalue weighted by Crippen LogP contribution is 2.35. The molecular weight excluding hydrogens is 306 g/mol. The number of nitrogens with two attached hydrogens (primary N) is 1. The molecule has 1 aliphatic heterocycles. The molecule has 3 nitrogen and oxygen atoms in total. The van der Waals surface area contributed by atoms with E-state index in [1.807, 2.05) is 18.4 Å². The molecule has 140 valence electrons. The van der Waals surface area contributed by atoms with Gasteiger partial charge < -0.3 is 16.4 Å². The van der Waals surface area contributed by atoms with Gasteiger partial charge in [0.2, 0.25) is 0 Å². The third kappa shape index (κ3) is 6.51. The second-order valence-electron chi connectivity index (χ2n) is 7.10. The SMILES string of the molecule is C=C=C1NC(=C)CCC1/C(N)=C/C=C/NCCC(CC)(CC)CCC. The molecule has 0 saturated carbocycles. The summed E-state index contributed by atoms with van der Waals surface area (Å²) in [6, 6.07) is 0. The second kappa shape index (κ2) is 10.9. The van der Waals surface area contributed by atoms with Gasteiger partial charge in [-0.3, -0.25) is 0 Å². The molecule has 1 rings (SSSR count). The van der Waals surface area contributed by atoms with Crippen LogP contribution < -0.4 is 16.4 Å². The average Bonchev–Trinajstić information content (AvgIpc) is 2.63. The molecule has 1 saturated heterocycles. The van der Waals surface area contributed by atoms with Crippen molar-refractivity contribution in [2.24, 2.45) is 17.1 Å². The van der Waals surface area contributed by atoms with Crippen LogP contribution in [0.4, 0.5) is 0 Å².